The van der Waals surface area contributed by atoms with Crippen molar-refractivity contribution in [3.8, 4) is 11.5 Å². The minimum atomic E-state index is -0.682. The molecule has 0 unspecified atom stereocenters. The zero-order valence-corrected chi connectivity index (χ0v) is 10.9. The van der Waals surface area contributed by atoms with Crippen LogP contribution in [-0.4, -0.2) is 23.1 Å². The molecule has 1 aliphatic heterocycles. The quantitative estimate of drug-likeness (QED) is 0.909. The third-order valence-electron chi connectivity index (χ3n) is 3.05. The summed E-state index contributed by atoms with van der Waals surface area (Å²) in [5.41, 5.74) is 0.680. The Kier molecular flexibility index (Phi) is 3.25. The van der Waals surface area contributed by atoms with E-state index in [1.165, 1.54) is 0 Å². The van der Waals surface area contributed by atoms with Crippen molar-refractivity contribution in [2.45, 2.75) is 19.1 Å². The lowest BCUT2D eigenvalue weighted by Crippen LogP contribution is -2.46. The zero-order chi connectivity index (χ0) is 13.9. The van der Waals surface area contributed by atoms with E-state index >= 15 is 0 Å². The van der Waals surface area contributed by atoms with Crippen LogP contribution in [0.4, 0.5) is 5.69 Å². The van der Waals surface area contributed by atoms with Crippen LogP contribution in [0, 0.1) is 0 Å². The molecular formula is C15H14N2O3. The average molecular weight is 270 g/mol. The molecule has 1 N–H and O–H groups in total. The summed E-state index contributed by atoms with van der Waals surface area (Å²) < 4.78 is 11.4. The number of para-hydroxylation sites is 2. The monoisotopic (exact) mass is 270 g/mol. The van der Waals surface area contributed by atoms with Crippen LogP contribution in [0.2, 0.25) is 0 Å². The number of ether oxygens (including phenoxy) is 2. The SMILES string of the molecule is C[C@@H]1Oc2ccccc2O[C@H]1C(=O)Nc1ccncc1. The van der Waals surface area contributed by atoms with E-state index in [1.807, 2.05) is 25.1 Å². The van der Waals surface area contributed by atoms with Crippen LogP contribution in [0.1, 0.15) is 6.92 Å². The van der Waals surface area contributed by atoms with E-state index in [-0.39, 0.29) is 12.0 Å². The average Bonchev–Trinajstić information content (AvgIpc) is 2.47. The molecular weight excluding hydrogens is 256 g/mol. The number of hydrogen-bond donors (Lipinski definition) is 1. The van der Waals surface area contributed by atoms with Gasteiger partial charge in [0.05, 0.1) is 0 Å². The summed E-state index contributed by atoms with van der Waals surface area (Å²) >= 11 is 0. The zero-order valence-electron chi connectivity index (χ0n) is 10.9. The molecule has 5 nitrogen and oxygen atoms in total. The topological polar surface area (TPSA) is 60.5 Å². The number of amides is 1. The molecule has 1 aromatic heterocycles. The van der Waals surface area contributed by atoms with Crippen molar-refractivity contribution in [1.29, 1.82) is 0 Å². The number of nitrogens with zero attached hydrogens (tertiary/aromatic N) is 1. The number of pyridine rings is 1. The number of carbonyl (C=O) groups excluding carboxylic acids is 1. The first-order valence-corrected chi connectivity index (χ1v) is 6.37. The molecule has 1 aliphatic rings. The van der Waals surface area contributed by atoms with Gasteiger partial charge in [-0.1, -0.05) is 12.1 Å². The van der Waals surface area contributed by atoms with Crippen molar-refractivity contribution in [2.24, 2.45) is 0 Å². The Morgan fingerprint density at radius 2 is 1.75 bits per heavy atom. The van der Waals surface area contributed by atoms with Crippen molar-refractivity contribution < 1.29 is 14.3 Å². The lowest BCUT2D eigenvalue weighted by Gasteiger charge is -2.30. The molecule has 0 radical (unpaired) electrons. The Hall–Kier alpha value is -2.56. The molecule has 0 saturated carbocycles. The highest BCUT2D eigenvalue weighted by Crippen LogP contribution is 2.33. The van der Waals surface area contributed by atoms with E-state index in [0.29, 0.717) is 17.2 Å². The summed E-state index contributed by atoms with van der Waals surface area (Å²) in [7, 11) is 0. The van der Waals surface area contributed by atoms with E-state index in [2.05, 4.69) is 10.3 Å². The van der Waals surface area contributed by atoms with Gasteiger partial charge in [-0.3, -0.25) is 9.78 Å². The molecule has 0 saturated heterocycles. The van der Waals surface area contributed by atoms with Gasteiger partial charge in [-0.2, -0.15) is 0 Å². The molecule has 0 fully saturated rings. The van der Waals surface area contributed by atoms with Gasteiger partial charge in [0, 0.05) is 18.1 Å². The lowest BCUT2D eigenvalue weighted by molar-refractivity contribution is -0.128. The van der Waals surface area contributed by atoms with E-state index < -0.39 is 6.10 Å². The molecule has 2 heterocycles. The number of benzene rings is 1. The summed E-state index contributed by atoms with van der Waals surface area (Å²) in [4.78, 5) is 16.2. The van der Waals surface area contributed by atoms with Crippen LogP contribution >= 0.6 is 0 Å². The number of nitrogens with one attached hydrogen (secondary N) is 1. The first-order chi connectivity index (χ1) is 9.74. The summed E-state index contributed by atoms with van der Waals surface area (Å²) in [5, 5.41) is 2.79. The fourth-order valence-corrected chi connectivity index (χ4v) is 2.05. The van der Waals surface area contributed by atoms with Crippen LogP contribution in [-0.2, 0) is 4.79 Å². The van der Waals surface area contributed by atoms with Gasteiger partial charge < -0.3 is 14.8 Å². The van der Waals surface area contributed by atoms with Gasteiger partial charge >= 0.3 is 0 Å². The fourth-order valence-electron chi connectivity index (χ4n) is 2.05. The largest absolute Gasteiger partial charge is 0.482 e. The predicted octanol–water partition coefficient (Wildman–Crippen LogP) is 2.25. The smallest absolute Gasteiger partial charge is 0.269 e. The molecule has 1 aromatic carbocycles. The van der Waals surface area contributed by atoms with Gasteiger partial charge in [0.1, 0.15) is 6.10 Å². The van der Waals surface area contributed by atoms with Gasteiger partial charge in [-0.05, 0) is 31.2 Å². The highest BCUT2D eigenvalue weighted by molar-refractivity contribution is 5.95. The van der Waals surface area contributed by atoms with E-state index in [4.69, 9.17) is 9.47 Å². The maximum absolute atomic E-state index is 12.3. The van der Waals surface area contributed by atoms with Gasteiger partial charge in [0.25, 0.3) is 5.91 Å². The predicted molar refractivity (Wildman–Crippen MR) is 73.8 cm³/mol. The summed E-state index contributed by atoms with van der Waals surface area (Å²) in [6.07, 6.45) is 2.20. The molecule has 1 amide bonds. The standard InChI is InChI=1S/C15H14N2O3/c1-10-14(15(18)17-11-6-8-16-9-7-11)20-13-5-3-2-4-12(13)19-10/h2-10,14H,1H3,(H,16,17,18)/t10-,14+/m0/s1. The van der Waals surface area contributed by atoms with Crippen molar-refractivity contribution in [2.75, 3.05) is 5.32 Å². The Balaban J connectivity index is 1.76. The van der Waals surface area contributed by atoms with E-state index in [1.54, 1.807) is 30.6 Å². The van der Waals surface area contributed by atoms with Crippen LogP contribution in [0.3, 0.4) is 0 Å². The number of rotatable bonds is 2. The Morgan fingerprint density at radius 3 is 2.45 bits per heavy atom. The fraction of sp³-hybridized carbons (Fsp3) is 0.200. The maximum atomic E-state index is 12.3. The molecule has 2 atom stereocenters. The summed E-state index contributed by atoms with van der Waals surface area (Å²) in [5.74, 6) is 1.01. The van der Waals surface area contributed by atoms with E-state index in [9.17, 15) is 4.79 Å². The number of aromatic nitrogens is 1. The van der Waals surface area contributed by atoms with Crippen LogP contribution in [0.5, 0.6) is 11.5 Å². The Labute approximate surface area is 116 Å². The Morgan fingerprint density at radius 1 is 1.10 bits per heavy atom. The molecule has 3 rings (SSSR count). The van der Waals surface area contributed by atoms with Crippen molar-refractivity contribution >= 4 is 11.6 Å². The second-order valence-electron chi connectivity index (χ2n) is 4.53. The second kappa shape index (κ2) is 5.21. The number of fused-ring (bicyclic) bond motifs is 1. The first kappa shape index (κ1) is 12.5. The third-order valence-corrected chi connectivity index (χ3v) is 3.05. The number of anilines is 1. The first-order valence-electron chi connectivity index (χ1n) is 6.37. The normalized spacial score (nSPS) is 20.2. The molecule has 0 bridgehead atoms. The van der Waals surface area contributed by atoms with Gasteiger partial charge in [-0.25, -0.2) is 0 Å². The van der Waals surface area contributed by atoms with Crippen molar-refractivity contribution in [3.63, 3.8) is 0 Å². The van der Waals surface area contributed by atoms with Crippen molar-refractivity contribution in [1.82, 2.24) is 4.98 Å². The highest BCUT2D eigenvalue weighted by atomic mass is 16.6. The summed E-state index contributed by atoms with van der Waals surface area (Å²) in [6, 6.07) is 10.8. The van der Waals surface area contributed by atoms with Gasteiger partial charge in [0.15, 0.2) is 11.5 Å². The lowest BCUT2D eigenvalue weighted by atomic mass is 10.1. The molecule has 2 aromatic rings. The molecule has 5 heteroatoms. The third kappa shape index (κ3) is 2.42. The number of hydrogen-bond acceptors (Lipinski definition) is 4. The molecule has 102 valence electrons. The summed E-state index contributed by atoms with van der Waals surface area (Å²) in [6.45, 7) is 1.81. The molecule has 0 aliphatic carbocycles. The van der Waals surface area contributed by atoms with Gasteiger partial charge in [0.2, 0.25) is 6.10 Å². The minimum absolute atomic E-state index is 0.238. The van der Waals surface area contributed by atoms with Gasteiger partial charge in [-0.15, -0.1) is 0 Å². The Bertz CT molecular complexity index is 616. The van der Waals surface area contributed by atoms with Crippen LogP contribution < -0.4 is 14.8 Å². The maximum Gasteiger partial charge on any atom is 0.269 e. The number of carbonyl (C=O) groups is 1. The van der Waals surface area contributed by atoms with Crippen LogP contribution in [0.25, 0.3) is 0 Å². The van der Waals surface area contributed by atoms with Crippen molar-refractivity contribution in [3.05, 3.63) is 48.8 Å². The second-order valence-corrected chi connectivity index (χ2v) is 4.53. The molecule has 0 spiro atoms. The highest BCUT2D eigenvalue weighted by Gasteiger charge is 2.33. The molecule has 20 heavy (non-hydrogen) atoms. The van der Waals surface area contributed by atoms with Crippen LogP contribution in [0.15, 0.2) is 48.8 Å². The minimum Gasteiger partial charge on any atom is -0.482 e. The van der Waals surface area contributed by atoms with E-state index in [0.717, 1.165) is 0 Å².